The van der Waals surface area contributed by atoms with Crippen LogP contribution in [0.1, 0.15) is 0 Å². The molecule has 0 bridgehead atoms. The highest BCUT2D eigenvalue weighted by Gasteiger charge is 2.17. The summed E-state index contributed by atoms with van der Waals surface area (Å²) in [6.45, 7) is 0. The highest BCUT2D eigenvalue weighted by molar-refractivity contribution is 7.86. The van der Waals surface area contributed by atoms with Crippen LogP contribution < -0.4 is 11.5 Å². The van der Waals surface area contributed by atoms with Gasteiger partial charge in [0.15, 0.2) is 0 Å². The van der Waals surface area contributed by atoms with Crippen molar-refractivity contribution >= 4 is 31.6 Å². The zero-order chi connectivity index (χ0) is 20.7. The minimum atomic E-state index is -4.41. The third-order valence-corrected chi connectivity index (χ3v) is 5.30. The SMILES string of the molecule is Nc1cc(S(=O)(=O)O)ccc1-c1nnc(-c2ccc(S(=O)(=O)O)cc2N)nn1. The number of hydrogen-bond donors (Lipinski definition) is 4. The first-order valence-electron chi connectivity index (χ1n) is 7.29. The fraction of sp³-hybridized carbons (Fsp3) is 0. The zero-order valence-corrected chi connectivity index (χ0v) is 15.4. The molecule has 28 heavy (non-hydrogen) atoms. The minimum Gasteiger partial charge on any atom is -0.398 e. The molecule has 1 aromatic heterocycles. The Kier molecular flexibility index (Phi) is 4.72. The molecule has 146 valence electrons. The van der Waals surface area contributed by atoms with Gasteiger partial charge in [-0.3, -0.25) is 9.11 Å². The normalized spacial score (nSPS) is 12.1. The molecule has 0 saturated carbocycles. The number of benzene rings is 2. The maximum absolute atomic E-state index is 11.1. The maximum atomic E-state index is 11.1. The Balaban J connectivity index is 1.97. The molecule has 0 atom stereocenters. The van der Waals surface area contributed by atoms with E-state index in [9.17, 15) is 16.8 Å². The molecule has 0 radical (unpaired) electrons. The van der Waals surface area contributed by atoms with Crippen molar-refractivity contribution in [2.75, 3.05) is 11.5 Å². The molecule has 0 aliphatic carbocycles. The second-order valence-corrected chi connectivity index (χ2v) is 8.34. The Morgan fingerprint density at radius 1 is 0.643 bits per heavy atom. The number of aromatic nitrogens is 4. The summed E-state index contributed by atoms with van der Waals surface area (Å²) in [5, 5.41) is 15.4. The summed E-state index contributed by atoms with van der Waals surface area (Å²) in [7, 11) is -8.82. The van der Waals surface area contributed by atoms with Crippen LogP contribution in [-0.4, -0.2) is 46.3 Å². The van der Waals surface area contributed by atoms with E-state index in [1.165, 1.54) is 12.1 Å². The van der Waals surface area contributed by atoms with E-state index in [1.807, 2.05) is 0 Å². The van der Waals surface area contributed by atoms with Crippen molar-refractivity contribution in [3.63, 3.8) is 0 Å². The molecule has 3 aromatic rings. The van der Waals surface area contributed by atoms with Gasteiger partial charge in [0.25, 0.3) is 20.2 Å². The summed E-state index contributed by atoms with van der Waals surface area (Å²) < 4.78 is 62.6. The van der Waals surface area contributed by atoms with E-state index in [0.29, 0.717) is 0 Å². The van der Waals surface area contributed by atoms with E-state index in [2.05, 4.69) is 20.4 Å². The van der Waals surface area contributed by atoms with Gasteiger partial charge in [-0.15, -0.1) is 20.4 Å². The highest BCUT2D eigenvalue weighted by atomic mass is 32.2. The number of nitrogens with zero attached hydrogens (tertiary/aromatic N) is 4. The molecule has 3 rings (SSSR count). The van der Waals surface area contributed by atoms with Gasteiger partial charge in [0.1, 0.15) is 0 Å². The van der Waals surface area contributed by atoms with Crippen LogP contribution in [0.4, 0.5) is 11.4 Å². The molecule has 12 nitrogen and oxygen atoms in total. The fourth-order valence-corrected chi connectivity index (χ4v) is 3.29. The van der Waals surface area contributed by atoms with Crippen LogP contribution in [-0.2, 0) is 20.2 Å². The van der Waals surface area contributed by atoms with E-state index >= 15 is 0 Å². The number of anilines is 2. The summed E-state index contributed by atoms with van der Waals surface area (Å²) >= 11 is 0. The largest absolute Gasteiger partial charge is 0.398 e. The quantitative estimate of drug-likeness (QED) is 0.328. The van der Waals surface area contributed by atoms with Crippen LogP contribution in [0.15, 0.2) is 46.2 Å². The van der Waals surface area contributed by atoms with Crippen LogP contribution in [0.3, 0.4) is 0 Å². The molecule has 0 amide bonds. The lowest BCUT2D eigenvalue weighted by Crippen LogP contribution is -2.05. The zero-order valence-electron chi connectivity index (χ0n) is 13.8. The first kappa shape index (κ1) is 19.6. The summed E-state index contributed by atoms with van der Waals surface area (Å²) in [5.74, 6) is -0.0347. The minimum absolute atomic E-state index is 0.0173. The third-order valence-electron chi connectivity index (χ3n) is 3.60. The van der Waals surface area contributed by atoms with Crippen molar-refractivity contribution in [2.24, 2.45) is 0 Å². The predicted octanol–water partition coefficient (Wildman–Crippen LogP) is 0.258. The molecule has 0 aliphatic heterocycles. The van der Waals surface area contributed by atoms with E-state index in [1.54, 1.807) is 0 Å². The van der Waals surface area contributed by atoms with Gasteiger partial charge in [0, 0.05) is 22.5 Å². The van der Waals surface area contributed by atoms with E-state index in [0.717, 1.165) is 24.3 Å². The Hall–Kier alpha value is -3.20. The summed E-state index contributed by atoms with van der Waals surface area (Å²) in [4.78, 5) is -0.782. The number of nitrogens with two attached hydrogens (primary N) is 2. The molecule has 6 N–H and O–H groups in total. The molecule has 1 heterocycles. The molecule has 0 unspecified atom stereocenters. The van der Waals surface area contributed by atoms with Crippen molar-refractivity contribution in [3.8, 4) is 22.8 Å². The van der Waals surface area contributed by atoms with Crippen LogP contribution in [0, 0.1) is 0 Å². The van der Waals surface area contributed by atoms with E-state index < -0.39 is 30.0 Å². The van der Waals surface area contributed by atoms with Crippen LogP contribution in [0.2, 0.25) is 0 Å². The smallest absolute Gasteiger partial charge is 0.294 e. The molecule has 0 aliphatic rings. The van der Waals surface area contributed by atoms with Crippen LogP contribution >= 0.6 is 0 Å². The first-order valence-corrected chi connectivity index (χ1v) is 10.2. The molecule has 14 heteroatoms. The van der Waals surface area contributed by atoms with Gasteiger partial charge in [0.05, 0.1) is 9.79 Å². The van der Waals surface area contributed by atoms with Gasteiger partial charge in [-0.1, -0.05) is 0 Å². The molecule has 0 saturated heterocycles. The van der Waals surface area contributed by atoms with Crippen molar-refractivity contribution in [2.45, 2.75) is 9.79 Å². The average Bonchev–Trinajstić information content (AvgIpc) is 2.60. The van der Waals surface area contributed by atoms with Gasteiger partial charge >= 0.3 is 0 Å². The van der Waals surface area contributed by atoms with Gasteiger partial charge < -0.3 is 11.5 Å². The van der Waals surface area contributed by atoms with Gasteiger partial charge in [-0.25, -0.2) is 0 Å². The second kappa shape index (κ2) is 6.75. The average molecular weight is 424 g/mol. The summed E-state index contributed by atoms with van der Waals surface area (Å²) in [5.41, 5.74) is 11.9. The predicted molar refractivity (Wildman–Crippen MR) is 96.9 cm³/mol. The number of nitrogen functional groups attached to an aromatic ring is 2. The van der Waals surface area contributed by atoms with E-state index in [-0.39, 0.29) is 34.2 Å². The van der Waals surface area contributed by atoms with Crippen molar-refractivity contribution < 1.29 is 25.9 Å². The van der Waals surface area contributed by atoms with Crippen molar-refractivity contribution in [3.05, 3.63) is 36.4 Å². The van der Waals surface area contributed by atoms with Crippen LogP contribution in [0.25, 0.3) is 22.8 Å². The van der Waals surface area contributed by atoms with Gasteiger partial charge in [-0.2, -0.15) is 16.8 Å². The molecular formula is C14H12N6O6S2. The summed E-state index contributed by atoms with van der Waals surface area (Å²) in [6.07, 6.45) is 0. The Labute approximate surface area is 158 Å². The van der Waals surface area contributed by atoms with Gasteiger partial charge in [-0.05, 0) is 36.4 Å². The highest BCUT2D eigenvalue weighted by Crippen LogP contribution is 2.27. The second-order valence-electron chi connectivity index (χ2n) is 5.50. The van der Waals surface area contributed by atoms with Crippen molar-refractivity contribution in [1.29, 1.82) is 0 Å². The third kappa shape index (κ3) is 3.89. The molecule has 0 spiro atoms. The Bertz CT molecular complexity index is 1180. The van der Waals surface area contributed by atoms with Gasteiger partial charge in [0.2, 0.25) is 11.6 Å². The number of hydrogen-bond acceptors (Lipinski definition) is 10. The van der Waals surface area contributed by atoms with E-state index in [4.69, 9.17) is 20.6 Å². The monoisotopic (exact) mass is 424 g/mol. The summed E-state index contributed by atoms with van der Waals surface area (Å²) in [6, 6.07) is 6.87. The first-order chi connectivity index (χ1) is 13.0. The lowest BCUT2D eigenvalue weighted by atomic mass is 10.1. The lowest BCUT2D eigenvalue weighted by molar-refractivity contribution is 0.481. The number of rotatable bonds is 4. The molecule has 2 aromatic carbocycles. The molecular weight excluding hydrogens is 412 g/mol. The fourth-order valence-electron chi connectivity index (χ4n) is 2.25. The molecule has 0 fully saturated rings. The standard InChI is InChI=1S/C14H12N6O6S2/c15-11-5-7(27(21,22)23)1-3-9(11)13-17-19-14(20-18-13)10-4-2-8(6-12(10)16)28(24,25)26/h1-6H,15-16H2,(H,21,22,23)(H,24,25,26). The maximum Gasteiger partial charge on any atom is 0.294 e. The van der Waals surface area contributed by atoms with Crippen molar-refractivity contribution in [1.82, 2.24) is 20.4 Å². The lowest BCUT2D eigenvalue weighted by Gasteiger charge is -2.07. The Morgan fingerprint density at radius 3 is 1.21 bits per heavy atom. The topological polar surface area (TPSA) is 212 Å². The van der Waals surface area contributed by atoms with Crippen LogP contribution in [0.5, 0.6) is 0 Å². The Morgan fingerprint density at radius 2 is 0.964 bits per heavy atom.